The number of hydrogen-bond acceptors (Lipinski definition) is 3. The van der Waals surface area contributed by atoms with Crippen molar-refractivity contribution in [1.29, 1.82) is 0 Å². The topological polar surface area (TPSA) is 72.2 Å². The number of nitrogen functional groups attached to an aromatic ring is 1. The van der Waals surface area contributed by atoms with Gasteiger partial charge in [0.15, 0.2) is 0 Å². The van der Waals surface area contributed by atoms with E-state index in [1.54, 1.807) is 0 Å². The van der Waals surface area contributed by atoms with Gasteiger partial charge in [-0.25, -0.2) is 0 Å². The van der Waals surface area contributed by atoms with E-state index in [4.69, 9.17) is 5.73 Å². The van der Waals surface area contributed by atoms with Gasteiger partial charge in [0.2, 0.25) is 5.91 Å². The monoisotopic (exact) mass is 260 g/mol. The second-order valence-corrected chi connectivity index (χ2v) is 3.73. The lowest BCUT2D eigenvalue weighted by Gasteiger charge is -2.11. The number of anilines is 2. The van der Waals surface area contributed by atoms with Crippen LogP contribution in [0, 0.1) is 0 Å². The summed E-state index contributed by atoms with van der Waals surface area (Å²) in [5.41, 5.74) is 4.34. The summed E-state index contributed by atoms with van der Waals surface area (Å²) in [5, 5.41) is 2.27. The Morgan fingerprint density at radius 3 is 2.39 bits per heavy atom. The molecule has 0 fully saturated rings. The molecule has 18 heavy (non-hydrogen) atoms. The third kappa shape index (κ3) is 3.76. The summed E-state index contributed by atoms with van der Waals surface area (Å²) in [6.07, 6.45) is -4.84. The number of alkyl halides is 3. The van der Waals surface area contributed by atoms with Gasteiger partial charge in [-0.05, 0) is 25.1 Å². The second kappa shape index (κ2) is 5.07. The van der Waals surface area contributed by atoms with Crippen LogP contribution in [0.1, 0.15) is 18.9 Å². The maximum Gasteiger partial charge on any atom is 0.416 e. The van der Waals surface area contributed by atoms with Crippen LogP contribution in [-0.2, 0) is 15.8 Å². The van der Waals surface area contributed by atoms with Gasteiger partial charge in [-0.1, -0.05) is 0 Å². The first kappa shape index (κ1) is 14.0. The molecule has 0 radical (unpaired) electrons. The van der Waals surface area contributed by atoms with E-state index in [-0.39, 0.29) is 23.6 Å². The lowest BCUT2D eigenvalue weighted by Crippen LogP contribution is -2.16. The van der Waals surface area contributed by atoms with Crippen molar-refractivity contribution < 1.29 is 22.8 Å². The van der Waals surface area contributed by atoms with Crippen molar-refractivity contribution in [2.75, 3.05) is 11.1 Å². The minimum atomic E-state index is -4.49. The Labute approximate surface area is 101 Å². The molecule has 0 aliphatic heterocycles. The number of carbonyl (C=O) groups is 2. The van der Waals surface area contributed by atoms with E-state index in [9.17, 15) is 22.8 Å². The summed E-state index contributed by atoms with van der Waals surface area (Å²) < 4.78 is 37.0. The van der Waals surface area contributed by atoms with Gasteiger partial charge >= 0.3 is 6.18 Å². The fourth-order valence-corrected chi connectivity index (χ4v) is 1.27. The number of halogens is 3. The zero-order chi connectivity index (χ0) is 13.9. The van der Waals surface area contributed by atoms with E-state index in [1.165, 1.54) is 6.92 Å². The van der Waals surface area contributed by atoms with Crippen molar-refractivity contribution in [3.8, 4) is 0 Å². The Balaban J connectivity index is 2.87. The standard InChI is InChI=1S/C11H11F3N2O2/c1-6(17)4-10(18)16-9-3-2-7(5-8(9)15)11(12,13)14/h2-3,5H,4,15H2,1H3,(H,16,18). The first-order chi connectivity index (χ1) is 8.20. The van der Waals surface area contributed by atoms with Gasteiger partial charge in [0.1, 0.15) is 5.78 Å². The Morgan fingerprint density at radius 2 is 1.94 bits per heavy atom. The van der Waals surface area contributed by atoms with Gasteiger partial charge in [-0.15, -0.1) is 0 Å². The summed E-state index contributed by atoms with van der Waals surface area (Å²) in [6.45, 7) is 1.23. The molecule has 7 heteroatoms. The van der Waals surface area contributed by atoms with Crippen molar-refractivity contribution in [2.24, 2.45) is 0 Å². The van der Waals surface area contributed by atoms with Crippen LogP contribution < -0.4 is 11.1 Å². The number of ketones is 1. The number of rotatable bonds is 3. The number of benzene rings is 1. The maximum atomic E-state index is 12.3. The highest BCUT2D eigenvalue weighted by atomic mass is 19.4. The van der Waals surface area contributed by atoms with Crippen LogP contribution >= 0.6 is 0 Å². The molecule has 0 bridgehead atoms. The quantitative estimate of drug-likeness (QED) is 0.646. The van der Waals surface area contributed by atoms with E-state index < -0.39 is 17.6 Å². The summed E-state index contributed by atoms with van der Waals surface area (Å²) in [4.78, 5) is 21.9. The Bertz CT molecular complexity index is 484. The van der Waals surface area contributed by atoms with Crippen LogP contribution in [0.25, 0.3) is 0 Å². The zero-order valence-corrected chi connectivity index (χ0v) is 9.47. The number of amides is 1. The first-order valence-electron chi connectivity index (χ1n) is 4.96. The number of hydrogen-bond donors (Lipinski definition) is 2. The molecule has 0 atom stereocenters. The third-order valence-electron chi connectivity index (χ3n) is 2.06. The van der Waals surface area contributed by atoms with E-state index in [2.05, 4.69) is 5.32 Å². The summed E-state index contributed by atoms with van der Waals surface area (Å²) in [5.74, 6) is -0.966. The molecule has 1 aromatic carbocycles. The van der Waals surface area contributed by atoms with Gasteiger partial charge in [0.25, 0.3) is 0 Å². The smallest absolute Gasteiger partial charge is 0.397 e. The average molecular weight is 260 g/mol. The van der Waals surface area contributed by atoms with Gasteiger partial charge in [-0.3, -0.25) is 9.59 Å². The predicted molar refractivity (Wildman–Crippen MR) is 59.8 cm³/mol. The highest BCUT2D eigenvalue weighted by molar-refractivity contribution is 6.04. The second-order valence-electron chi connectivity index (χ2n) is 3.73. The lowest BCUT2D eigenvalue weighted by molar-refractivity contribution is -0.137. The fourth-order valence-electron chi connectivity index (χ4n) is 1.27. The minimum absolute atomic E-state index is 0.0502. The molecule has 0 spiro atoms. The molecule has 3 N–H and O–H groups in total. The first-order valence-corrected chi connectivity index (χ1v) is 4.96. The van der Waals surface area contributed by atoms with Gasteiger partial charge in [0.05, 0.1) is 23.4 Å². The minimum Gasteiger partial charge on any atom is -0.397 e. The maximum absolute atomic E-state index is 12.3. The van der Waals surface area contributed by atoms with Crippen LogP contribution in [0.15, 0.2) is 18.2 Å². The molecule has 0 aliphatic rings. The van der Waals surface area contributed by atoms with Crippen LogP contribution in [0.4, 0.5) is 24.5 Å². The average Bonchev–Trinajstić information content (AvgIpc) is 2.18. The Kier molecular flexibility index (Phi) is 3.95. The van der Waals surface area contributed by atoms with Crippen molar-refractivity contribution in [3.05, 3.63) is 23.8 Å². The molecule has 0 aliphatic carbocycles. The van der Waals surface area contributed by atoms with Crippen LogP contribution in [-0.4, -0.2) is 11.7 Å². The summed E-state index contributed by atoms with van der Waals surface area (Å²) >= 11 is 0. The fraction of sp³-hybridized carbons (Fsp3) is 0.273. The molecular weight excluding hydrogens is 249 g/mol. The summed E-state index contributed by atoms with van der Waals surface area (Å²) in [6, 6.07) is 2.58. The van der Waals surface area contributed by atoms with Gasteiger partial charge < -0.3 is 11.1 Å². The molecular formula is C11H11F3N2O2. The molecule has 1 amide bonds. The Morgan fingerprint density at radius 1 is 1.33 bits per heavy atom. The largest absolute Gasteiger partial charge is 0.416 e. The van der Waals surface area contributed by atoms with Crippen molar-refractivity contribution in [2.45, 2.75) is 19.5 Å². The van der Waals surface area contributed by atoms with Crippen molar-refractivity contribution in [1.82, 2.24) is 0 Å². The molecule has 1 rings (SSSR count). The number of nitrogens with one attached hydrogen (secondary N) is 1. The van der Waals surface area contributed by atoms with Crippen LogP contribution in [0.3, 0.4) is 0 Å². The normalized spacial score (nSPS) is 11.1. The van der Waals surface area contributed by atoms with E-state index >= 15 is 0 Å². The number of Topliss-reactive ketones (excluding diaryl/α,β-unsaturated/α-hetero) is 1. The molecule has 4 nitrogen and oxygen atoms in total. The number of nitrogens with two attached hydrogens (primary N) is 1. The SMILES string of the molecule is CC(=O)CC(=O)Nc1ccc(C(F)(F)F)cc1N. The van der Waals surface area contributed by atoms with Gasteiger partial charge in [-0.2, -0.15) is 13.2 Å². The van der Waals surface area contributed by atoms with E-state index in [1.807, 2.05) is 0 Å². The molecule has 1 aromatic rings. The van der Waals surface area contributed by atoms with E-state index in [0.29, 0.717) is 0 Å². The molecule has 98 valence electrons. The third-order valence-corrected chi connectivity index (χ3v) is 2.06. The molecule has 0 heterocycles. The molecule has 0 saturated carbocycles. The predicted octanol–water partition coefficient (Wildman–Crippen LogP) is 2.21. The Hall–Kier alpha value is -2.05. The highest BCUT2D eigenvalue weighted by Gasteiger charge is 2.30. The molecule has 0 saturated heterocycles. The van der Waals surface area contributed by atoms with Crippen molar-refractivity contribution in [3.63, 3.8) is 0 Å². The summed E-state index contributed by atoms with van der Waals surface area (Å²) in [7, 11) is 0. The lowest BCUT2D eigenvalue weighted by atomic mass is 10.1. The van der Waals surface area contributed by atoms with Crippen LogP contribution in [0.5, 0.6) is 0 Å². The zero-order valence-electron chi connectivity index (χ0n) is 9.47. The molecule has 0 unspecified atom stereocenters. The number of carbonyl (C=O) groups excluding carboxylic acids is 2. The highest BCUT2D eigenvalue weighted by Crippen LogP contribution is 2.32. The van der Waals surface area contributed by atoms with Crippen LogP contribution in [0.2, 0.25) is 0 Å². The van der Waals surface area contributed by atoms with Crippen molar-refractivity contribution >= 4 is 23.1 Å². The molecule has 0 aromatic heterocycles. The van der Waals surface area contributed by atoms with E-state index in [0.717, 1.165) is 18.2 Å². The van der Waals surface area contributed by atoms with Gasteiger partial charge in [0, 0.05) is 0 Å².